The molecule has 0 saturated heterocycles. The zero-order valence-electron chi connectivity index (χ0n) is 8.18. The second kappa shape index (κ2) is 3.28. The average molecular weight is 194 g/mol. The van der Waals surface area contributed by atoms with Crippen molar-refractivity contribution in [2.45, 2.75) is 0 Å². The van der Waals surface area contributed by atoms with Crippen LogP contribution in [-0.4, -0.2) is 0 Å². The van der Waals surface area contributed by atoms with E-state index >= 15 is 0 Å². The number of hydrogen-bond donors (Lipinski definition) is 0. The van der Waals surface area contributed by atoms with Gasteiger partial charge in [0.25, 0.3) is 0 Å². The monoisotopic (exact) mass is 194 g/mol. The van der Waals surface area contributed by atoms with Gasteiger partial charge in [0.2, 0.25) is 0 Å². The molecule has 3 aromatic rings. The smallest absolute Gasteiger partial charge is 0.141 e. The van der Waals surface area contributed by atoms with E-state index in [9.17, 15) is 0 Å². The minimum atomic E-state index is 0.962. The molecule has 0 unspecified atom stereocenters. The number of furan rings is 1. The van der Waals surface area contributed by atoms with Gasteiger partial charge in [0.15, 0.2) is 0 Å². The summed E-state index contributed by atoms with van der Waals surface area (Å²) in [5.41, 5.74) is 3.31. The van der Waals surface area contributed by atoms with Crippen LogP contribution in [0.4, 0.5) is 0 Å². The Morgan fingerprint density at radius 2 is 1.60 bits per heavy atom. The highest BCUT2D eigenvalue weighted by Gasteiger charge is 2.04. The minimum Gasteiger partial charge on any atom is -0.464 e. The highest BCUT2D eigenvalue weighted by Crippen LogP contribution is 2.28. The Bertz CT molecular complexity index is 578. The van der Waals surface area contributed by atoms with Gasteiger partial charge in [-0.2, -0.15) is 0 Å². The minimum absolute atomic E-state index is 0.962. The van der Waals surface area contributed by atoms with E-state index in [0.717, 1.165) is 16.5 Å². The molecule has 1 heterocycles. The Balaban J connectivity index is 2.31. The van der Waals surface area contributed by atoms with Crippen LogP contribution in [0.25, 0.3) is 22.1 Å². The van der Waals surface area contributed by atoms with Gasteiger partial charge in [-0.25, -0.2) is 0 Å². The van der Waals surface area contributed by atoms with Crippen molar-refractivity contribution >= 4 is 11.0 Å². The Morgan fingerprint density at radius 1 is 0.733 bits per heavy atom. The number of hydrogen-bond acceptors (Lipinski definition) is 1. The Labute approximate surface area is 88.0 Å². The van der Waals surface area contributed by atoms with Crippen molar-refractivity contribution in [1.29, 1.82) is 0 Å². The Morgan fingerprint density at radius 3 is 2.47 bits per heavy atom. The average Bonchev–Trinajstić information content (AvgIpc) is 2.78. The highest BCUT2D eigenvalue weighted by molar-refractivity contribution is 5.92. The summed E-state index contributed by atoms with van der Waals surface area (Å²) < 4.78 is 5.50. The molecule has 0 spiro atoms. The molecule has 0 N–H and O–H groups in total. The standard InChI is InChI=1S/C14H10O/c1-2-5-11(6-3-1)13-8-4-7-12-9-10-15-14(12)13/h1-10H. The summed E-state index contributed by atoms with van der Waals surface area (Å²) in [7, 11) is 0. The van der Waals surface area contributed by atoms with Gasteiger partial charge in [-0.3, -0.25) is 0 Å². The largest absolute Gasteiger partial charge is 0.464 e. The zero-order chi connectivity index (χ0) is 10.1. The lowest BCUT2D eigenvalue weighted by molar-refractivity contribution is 0.617. The summed E-state index contributed by atoms with van der Waals surface area (Å²) in [5, 5.41) is 1.15. The molecule has 0 amide bonds. The summed E-state index contributed by atoms with van der Waals surface area (Å²) in [5.74, 6) is 0. The number of fused-ring (bicyclic) bond motifs is 1. The van der Waals surface area contributed by atoms with Crippen LogP contribution in [0.1, 0.15) is 0 Å². The van der Waals surface area contributed by atoms with Gasteiger partial charge >= 0.3 is 0 Å². The second-order valence-electron chi connectivity index (χ2n) is 3.51. The summed E-state index contributed by atoms with van der Waals surface area (Å²) in [6.07, 6.45) is 1.73. The van der Waals surface area contributed by atoms with E-state index in [0.29, 0.717) is 0 Å². The van der Waals surface area contributed by atoms with Crippen LogP contribution in [0.2, 0.25) is 0 Å². The molecular formula is C14H10O. The molecule has 0 atom stereocenters. The fourth-order valence-electron chi connectivity index (χ4n) is 1.84. The third kappa shape index (κ3) is 1.33. The van der Waals surface area contributed by atoms with E-state index in [2.05, 4.69) is 30.3 Å². The Hall–Kier alpha value is -2.02. The van der Waals surface area contributed by atoms with Crippen molar-refractivity contribution in [3.63, 3.8) is 0 Å². The fraction of sp³-hybridized carbons (Fsp3) is 0. The van der Waals surface area contributed by atoms with Gasteiger partial charge in [0.05, 0.1) is 6.26 Å². The van der Waals surface area contributed by atoms with Crippen LogP contribution >= 0.6 is 0 Å². The number of para-hydroxylation sites is 1. The van der Waals surface area contributed by atoms with Crippen LogP contribution in [-0.2, 0) is 0 Å². The van der Waals surface area contributed by atoms with Gasteiger partial charge in [0.1, 0.15) is 5.58 Å². The third-order valence-corrected chi connectivity index (χ3v) is 2.56. The van der Waals surface area contributed by atoms with Crippen LogP contribution < -0.4 is 0 Å². The molecule has 0 aliphatic carbocycles. The molecule has 0 saturated carbocycles. The normalized spacial score (nSPS) is 10.7. The van der Waals surface area contributed by atoms with E-state index in [4.69, 9.17) is 4.42 Å². The molecule has 15 heavy (non-hydrogen) atoms. The van der Waals surface area contributed by atoms with Crippen molar-refractivity contribution in [3.05, 3.63) is 60.9 Å². The zero-order valence-corrected chi connectivity index (χ0v) is 8.18. The predicted molar refractivity (Wildman–Crippen MR) is 61.7 cm³/mol. The summed E-state index contributed by atoms with van der Waals surface area (Å²) >= 11 is 0. The van der Waals surface area contributed by atoms with Crippen molar-refractivity contribution in [3.8, 4) is 11.1 Å². The van der Waals surface area contributed by atoms with E-state index in [-0.39, 0.29) is 0 Å². The van der Waals surface area contributed by atoms with Crippen LogP contribution in [0.3, 0.4) is 0 Å². The van der Waals surface area contributed by atoms with Crippen molar-refractivity contribution < 1.29 is 4.42 Å². The molecule has 1 aromatic heterocycles. The van der Waals surface area contributed by atoms with Crippen LogP contribution in [0, 0.1) is 0 Å². The maximum atomic E-state index is 5.50. The molecule has 1 nitrogen and oxygen atoms in total. The maximum absolute atomic E-state index is 5.50. The first-order valence-electron chi connectivity index (χ1n) is 4.97. The van der Waals surface area contributed by atoms with Gasteiger partial charge < -0.3 is 4.42 Å². The lowest BCUT2D eigenvalue weighted by atomic mass is 10.0. The SMILES string of the molecule is c1ccc(-c2cccc3ccoc23)cc1. The maximum Gasteiger partial charge on any atom is 0.141 e. The van der Waals surface area contributed by atoms with Crippen molar-refractivity contribution in [2.24, 2.45) is 0 Å². The first-order valence-corrected chi connectivity index (χ1v) is 4.97. The van der Waals surface area contributed by atoms with E-state index in [1.54, 1.807) is 6.26 Å². The summed E-state index contributed by atoms with van der Waals surface area (Å²) in [6, 6.07) is 18.5. The summed E-state index contributed by atoms with van der Waals surface area (Å²) in [4.78, 5) is 0. The van der Waals surface area contributed by atoms with Crippen molar-refractivity contribution in [1.82, 2.24) is 0 Å². The molecule has 2 aromatic carbocycles. The molecule has 1 heteroatoms. The molecule has 0 radical (unpaired) electrons. The molecule has 0 aliphatic rings. The second-order valence-corrected chi connectivity index (χ2v) is 3.51. The third-order valence-electron chi connectivity index (χ3n) is 2.56. The first-order chi connectivity index (χ1) is 7.45. The van der Waals surface area contributed by atoms with Crippen LogP contribution in [0.15, 0.2) is 65.3 Å². The van der Waals surface area contributed by atoms with Gasteiger partial charge in [-0.05, 0) is 11.6 Å². The Kier molecular flexibility index (Phi) is 1.82. The van der Waals surface area contributed by atoms with E-state index < -0.39 is 0 Å². The molecule has 0 aliphatic heterocycles. The summed E-state index contributed by atoms with van der Waals surface area (Å²) in [6.45, 7) is 0. The van der Waals surface area contributed by atoms with Gasteiger partial charge in [-0.15, -0.1) is 0 Å². The molecule has 3 rings (SSSR count). The number of benzene rings is 2. The predicted octanol–water partition coefficient (Wildman–Crippen LogP) is 4.10. The van der Waals surface area contributed by atoms with Crippen molar-refractivity contribution in [2.75, 3.05) is 0 Å². The topological polar surface area (TPSA) is 13.1 Å². The van der Waals surface area contributed by atoms with E-state index in [1.165, 1.54) is 5.56 Å². The van der Waals surface area contributed by atoms with E-state index in [1.807, 2.05) is 24.3 Å². The lowest BCUT2D eigenvalue weighted by Crippen LogP contribution is -1.76. The van der Waals surface area contributed by atoms with Crippen LogP contribution in [0.5, 0.6) is 0 Å². The lowest BCUT2D eigenvalue weighted by Gasteiger charge is -2.01. The first kappa shape index (κ1) is 8.30. The molecule has 72 valence electrons. The highest BCUT2D eigenvalue weighted by atomic mass is 16.3. The van der Waals surface area contributed by atoms with Gasteiger partial charge in [0, 0.05) is 10.9 Å². The fourth-order valence-corrected chi connectivity index (χ4v) is 1.84. The quantitative estimate of drug-likeness (QED) is 0.568. The molecular weight excluding hydrogens is 184 g/mol. The molecule has 0 bridgehead atoms. The van der Waals surface area contributed by atoms with Gasteiger partial charge in [-0.1, -0.05) is 48.5 Å². The number of rotatable bonds is 1. The molecule has 0 fully saturated rings.